The van der Waals surface area contributed by atoms with Crippen LogP contribution in [0.4, 0.5) is 10.6 Å². The summed E-state index contributed by atoms with van der Waals surface area (Å²) in [5, 5.41) is 17.1. The summed E-state index contributed by atoms with van der Waals surface area (Å²) in [6, 6.07) is 5.93. The highest BCUT2D eigenvalue weighted by Crippen LogP contribution is 2.42. The SMILES string of the molecule is COc1cnc2[nH]cc(-c3cc(Cl)nc(NC4CCC(NC(=O)O)(C(C)(C)C)CC4)c3)c2c1. The molecular formula is C24H30ClN5O3. The second-order valence-electron chi connectivity index (χ2n) is 9.72. The van der Waals surface area contributed by atoms with Gasteiger partial charge in [0.15, 0.2) is 0 Å². The van der Waals surface area contributed by atoms with Crippen LogP contribution in [-0.4, -0.2) is 44.8 Å². The number of hydrogen-bond acceptors (Lipinski definition) is 5. The number of H-pyrrole nitrogens is 1. The molecular weight excluding hydrogens is 442 g/mol. The van der Waals surface area contributed by atoms with E-state index in [0.717, 1.165) is 47.8 Å². The lowest BCUT2D eigenvalue weighted by Gasteiger charge is -2.49. The minimum absolute atomic E-state index is 0.178. The van der Waals surface area contributed by atoms with Gasteiger partial charge in [0.05, 0.1) is 13.3 Å². The molecule has 1 fully saturated rings. The van der Waals surface area contributed by atoms with Crippen molar-refractivity contribution >= 4 is 34.5 Å². The second kappa shape index (κ2) is 8.74. The molecule has 0 spiro atoms. The fourth-order valence-corrected chi connectivity index (χ4v) is 5.00. The summed E-state index contributed by atoms with van der Waals surface area (Å²) in [5.74, 6) is 1.38. The molecule has 0 aromatic carbocycles. The van der Waals surface area contributed by atoms with Crippen LogP contribution in [0.15, 0.2) is 30.6 Å². The lowest BCUT2D eigenvalue weighted by molar-refractivity contribution is 0.0804. The molecule has 0 aliphatic heterocycles. The zero-order chi connectivity index (χ0) is 23.8. The molecule has 3 aromatic heterocycles. The van der Waals surface area contributed by atoms with Gasteiger partial charge in [0, 0.05) is 28.7 Å². The van der Waals surface area contributed by atoms with Gasteiger partial charge in [-0.3, -0.25) is 0 Å². The molecule has 0 saturated heterocycles. The van der Waals surface area contributed by atoms with Gasteiger partial charge in [-0.1, -0.05) is 32.4 Å². The Hall–Kier alpha value is -3.00. The zero-order valence-electron chi connectivity index (χ0n) is 19.3. The van der Waals surface area contributed by atoms with E-state index in [1.165, 1.54) is 0 Å². The number of halogens is 1. The van der Waals surface area contributed by atoms with Crippen LogP contribution in [0.25, 0.3) is 22.2 Å². The first-order valence-electron chi connectivity index (χ1n) is 11.1. The number of carboxylic acid groups (broad SMARTS) is 1. The highest BCUT2D eigenvalue weighted by atomic mass is 35.5. The van der Waals surface area contributed by atoms with Crippen LogP contribution >= 0.6 is 11.6 Å². The highest BCUT2D eigenvalue weighted by Gasteiger charge is 2.45. The second-order valence-corrected chi connectivity index (χ2v) is 10.1. The van der Waals surface area contributed by atoms with Crippen LogP contribution in [0.1, 0.15) is 46.5 Å². The Morgan fingerprint density at radius 3 is 2.64 bits per heavy atom. The smallest absolute Gasteiger partial charge is 0.405 e. The number of fused-ring (bicyclic) bond motifs is 1. The van der Waals surface area contributed by atoms with Crippen molar-refractivity contribution in [1.82, 2.24) is 20.3 Å². The first-order valence-corrected chi connectivity index (χ1v) is 11.4. The molecule has 33 heavy (non-hydrogen) atoms. The van der Waals surface area contributed by atoms with E-state index in [9.17, 15) is 9.90 Å². The normalized spacial score (nSPS) is 21.1. The summed E-state index contributed by atoms with van der Waals surface area (Å²) in [6.45, 7) is 6.27. The minimum Gasteiger partial charge on any atom is -0.495 e. The number of aromatic amines is 1. The highest BCUT2D eigenvalue weighted by molar-refractivity contribution is 6.29. The van der Waals surface area contributed by atoms with Crippen molar-refractivity contribution in [3.63, 3.8) is 0 Å². The molecule has 0 radical (unpaired) electrons. The molecule has 3 heterocycles. The maximum Gasteiger partial charge on any atom is 0.405 e. The molecule has 0 unspecified atom stereocenters. The third kappa shape index (κ3) is 4.71. The first kappa shape index (κ1) is 23.2. The number of pyridine rings is 2. The predicted molar refractivity (Wildman–Crippen MR) is 130 cm³/mol. The summed E-state index contributed by atoms with van der Waals surface area (Å²) < 4.78 is 5.33. The van der Waals surface area contributed by atoms with Gasteiger partial charge in [-0.15, -0.1) is 0 Å². The van der Waals surface area contributed by atoms with Crippen molar-refractivity contribution in [2.75, 3.05) is 12.4 Å². The molecule has 3 aromatic rings. The first-order chi connectivity index (χ1) is 15.6. The van der Waals surface area contributed by atoms with E-state index >= 15 is 0 Å². The summed E-state index contributed by atoms with van der Waals surface area (Å²) in [6.07, 6.45) is 5.77. The van der Waals surface area contributed by atoms with Gasteiger partial charge in [0.2, 0.25) is 0 Å². The molecule has 9 heteroatoms. The minimum atomic E-state index is -0.970. The average Bonchev–Trinajstić information content (AvgIpc) is 3.17. The van der Waals surface area contributed by atoms with E-state index in [0.29, 0.717) is 16.7 Å². The van der Waals surface area contributed by atoms with Crippen LogP contribution in [-0.2, 0) is 0 Å². The number of amides is 1. The van der Waals surface area contributed by atoms with Gasteiger partial charge >= 0.3 is 6.09 Å². The lowest BCUT2D eigenvalue weighted by atomic mass is 9.64. The van der Waals surface area contributed by atoms with Gasteiger partial charge in [0.1, 0.15) is 22.4 Å². The number of methoxy groups -OCH3 is 1. The quantitative estimate of drug-likeness (QED) is 0.355. The number of rotatable bonds is 5. The van der Waals surface area contributed by atoms with E-state index in [1.807, 2.05) is 24.4 Å². The van der Waals surface area contributed by atoms with Gasteiger partial charge in [-0.25, -0.2) is 14.8 Å². The Labute approximate surface area is 198 Å². The summed E-state index contributed by atoms with van der Waals surface area (Å²) in [5.41, 5.74) is 2.03. The van der Waals surface area contributed by atoms with Crippen LogP contribution in [0, 0.1) is 5.41 Å². The number of ether oxygens (including phenoxy) is 1. The summed E-state index contributed by atoms with van der Waals surface area (Å²) in [4.78, 5) is 23.5. The van der Waals surface area contributed by atoms with E-state index in [1.54, 1.807) is 13.3 Å². The maximum absolute atomic E-state index is 11.4. The molecule has 1 aliphatic rings. The van der Waals surface area contributed by atoms with E-state index < -0.39 is 11.6 Å². The fourth-order valence-electron chi connectivity index (χ4n) is 4.79. The predicted octanol–water partition coefficient (Wildman–Crippen LogP) is 5.69. The Balaban J connectivity index is 1.55. The van der Waals surface area contributed by atoms with Crippen LogP contribution in [0.2, 0.25) is 5.15 Å². The molecule has 0 bridgehead atoms. The third-order valence-corrected chi connectivity index (χ3v) is 7.01. The molecule has 0 atom stereocenters. The van der Waals surface area contributed by atoms with Crippen molar-refractivity contribution in [3.8, 4) is 16.9 Å². The van der Waals surface area contributed by atoms with E-state index in [4.69, 9.17) is 16.3 Å². The summed E-state index contributed by atoms with van der Waals surface area (Å²) in [7, 11) is 1.62. The van der Waals surface area contributed by atoms with Gasteiger partial charge < -0.3 is 25.5 Å². The maximum atomic E-state index is 11.4. The van der Waals surface area contributed by atoms with E-state index in [-0.39, 0.29) is 11.5 Å². The molecule has 4 rings (SSSR count). The molecule has 1 saturated carbocycles. The van der Waals surface area contributed by atoms with Crippen molar-refractivity contribution in [2.45, 2.75) is 58.0 Å². The Morgan fingerprint density at radius 1 is 1.27 bits per heavy atom. The molecule has 176 valence electrons. The zero-order valence-corrected chi connectivity index (χ0v) is 20.1. The molecule has 8 nitrogen and oxygen atoms in total. The average molecular weight is 472 g/mol. The largest absolute Gasteiger partial charge is 0.495 e. The van der Waals surface area contributed by atoms with Gasteiger partial charge in [-0.05, 0) is 54.9 Å². The number of carbonyl (C=O) groups is 1. The molecule has 1 aliphatic carbocycles. The Bertz CT molecular complexity index is 1160. The van der Waals surface area contributed by atoms with Gasteiger partial charge in [-0.2, -0.15) is 0 Å². The monoisotopic (exact) mass is 471 g/mol. The van der Waals surface area contributed by atoms with E-state index in [2.05, 4.69) is 46.4 Å². The van der Waals surface area contributed by atoms with Crippen LogP contribution in [0.5, 0.6) is 5.75 Å². The topological polar surface area (TPSA) is 112 Å². The molecule has 1 amide bonds. The van der Waals surface area contributed by atoms with Crippen LogP contribution in [0.3, 0.4) is 0 Å². The van der Waals surface area contributed by atoms with Crippen molar-refractivity contribution < 1.29 is 14.6 Å². The van der Waals surface area contributed by atoms with Gasteiger partial charge in [0.25, 0.3) is 0 Å². The third-order valence-electron chi connectivity index (χ3n) is 6.82. The fraction of sp³-hybridized carbons (Fsp3) is 0.458. The Kier molecular flexibility index (Phi) is 6.14. The number of anilines is 1. The van der Waals surface area contributed by atoms with Crippen LogP contribution < -0.4 is 15.4 Å². The number of nitrogens with one attached hydrogen (secondary N) is 3. The Morgan fingerprint density at radius 2 is 2.00 bits per heavy atom. The van der Waals surface area contributed by atoms with Crippen molar-refractivity contribution in [1.29, 1.82) is 0 Å². The number of hydrogen-bond donors (Lipinski definition) is 4. The molecule has 4 N–H and O–H groups in total. The standard InChI is InChI=1S/C24H30ClN5O3/c1-23(2,3)24(30-22(31)32)7-5-15(6-8-24)28-20-10-14(9-19(25)29-20)18-13-27-21-17(18)11-16(33-4)12-26-21/h9-13,15,30H,5-8H2,1-4H3,(H,26,27)(H,28,29)(H,31,32). The number of aromatic nitrogens is 3. The summed E-state index contributed by atoms with van der Waals surface area (Å²) >= 11 is 6.38. The van der Waals surface area contributed by atoms with Crippen molar-refractivity contribution in [3.05, 3.63) is 35.7 Å². The van der Waals surface area contributed by atoms with Crippen molar-refractivity contribution in [2.24, 2.45) is 5.41 Å². The lowest BCUT2D eigenvalue weighted by Crippen LogP contribution is -2.59. The number of nitrogens with zero attached hydrogens (tertiary/aromatic N) is 2.